The summed E-state index contributed by atoms with van der Waals surface area (Å²) >= 11 is 8.97. The van der Waals surface area contributed by atoms with Crippen LogP contribution in [-0.4, -0.2) is 15.9 Å². The van der Waals surface area contributed by atoms with Crippen molar-refractivity contribution in [2.45, 2.75) is 0 Å². The number of pyridine rings is 1. The van der Waals surface area contributed by atoms with E-state index in [1.54, 1.807) is 24.4 Å². The topological polar surface area (TPSA) is 57.8 Å². The van der Waals surface area contributed by atoms with E-state index in [-0.39, 0.29) is 5.91 Å². The lowest BCUT2D eigenvalue weighted by Gasteiger charge is -2.04. The summed E-state index contributed by atoms with van der Waals surface area (Å²) in [6.45, 7) is 0. The molecule has 2 rings (SSSR count). The van der Waals surface area contributed by atoms with Crippen molar-refractivity contribution in [3.8, 4) is 0 Å². The Balaban J connectivity index is 2.15. The van der Waals surface area contributed by atoms with Crippen molar-refractivity contribution >= 4 is 39.1 Å². The first-order valence-corrected chi connectivity index (χ1v) is 5.59. The van der Waals surface area contributed by atoms with Crippen LogP contribution < -0.4 is 5.32 Å². The number of hydrogen-bond acceptors (Lipinski definition) is 2. The SMILES string of the molecule is O=C(Nc1cnc(Cl)c(Br)c1)c1ccc[nH]1. The Hall–Kier alpha value is -1.33. The van der Waals surface area contributed by atoms with Gasteiger partial charge >= 0.3 is 0 Å². The first-order valence-electron chi connectivity index (χ1n) is 4.42. The van der Waals surface area contributed by atoms with E-state index >= 15 is 0 Å². The molecule has 2 heterocycles. The maximum absolute atomic E-state index is 11.7. The molecule has 0 saturated heterocycles. The van der Waals surface area contributed by atoms with E-state index in [0.29, 0.717) is 21.0 Å². The number of halogens is 2. The molecule has 0 fully saturated rings. The molecule has 82 valence electrons. The second-order valence-corrected chi connectivity index (χ2v) is 4.25. The van der Waals surface area contributed by atoms with Gasteiger partial charge in [-0.25, -0.2) is 4.98 Å². The number of nitrogens with zero attached hydrogens (tertiary/aromatic N) is 1. The van der Waals surface area contributed by atoms with Crippen molar-refractivity contribution in [1.82, 2.24) is 9.97 Å². The molecule has 1 amide bonds. The number of carbonyl (C=O) groups excluding carboxylic acids is 1. The largest absolute Gasteiger partial charge is 0.357 e. The van der Waals surface area contributed by atoms with E-state index in [1.165, 1.54) is 6.20 Å². The molecule has 0 unspecified atom stereocenters. The van der Waals surface area contributed by atoms with E-state index in [9.17, 15) is 4.79 Å². The lowest BCUT2D eigenvalue weighted by Crippen LogP contribution is -2.12. The molecule has 6 heteroatoms. The van der Waals surface area contributed by atoms with Gasteiger partial charge in [0.15, 0.2) is 0 Å². The molecule has 0 saturated carbocycles. The molecule has 2 N–H and O–H groups in total. The van der Waals surface area contributed by atoms with Gasteiger partial charge in [-0.05, 0) is 34.1 Å². The summed E-state index contributed by atoms with van der Waals surface area (Å²) in [5.41, 5.74) is 1.07. The van der Waals surface area contributed by atoms with Crippen LogP contribution in [0.2, 0.25) is 5.15 Å². The monoisotopic (exact) mass is 299 g/mol. The zero-order chi connectivity index (χ0) is 11.5. The maximum atomic E-state index is 11.7. The van der Waals surface area contributed by atoms with Crippen LogP contribution in [0.5, 0.6) is 0 Å². The number of nitrogens with one attached hydrogen (secondary N) is 2. The highest BCUT2D eigenvalue weighted by Crippen LogP contribution is 2.22. The fourth-order valence-corrected chi connectivity index (χ4v) is 1.61. The standard InChI is InChI=1S/C10H7BrClN3O/c11-7-4-6(5-14-9(7)12)15-10(16)8-2-1-3-13-8/h1-5,13H,(H,15,16). The summed E-state index contributed by atoms with van der Waals surface area (Å²) in [6.07, 6.45) is 3.18. The molecule has 2 aromatic rings. The molecule has 0 aromatic carbocycles. The highest BCUT2D eigenvalue weighted by atomic mass is 79.9. The Morgan fingerprint density at radius 3 is 3.00 bits per heavy atom. The highest BCUT2D eigenvalue weighted by Gasteiger charge is 2.07. The van der Waals surface area contributed by atoms with Crippen LogP contribution in [0.1, 0.15) is 10.5 Å². The Kier molecular flexibility index (Phi) is 3.26. The molecule has 4 nitrogen and oxygen atoms in total. The third-order valence-electron chi connectivity index (χ3n) is 1.90. The van der Waals surface area contributed by atoms with Gasteiger partial charge in [-0.3, -0.25) is 4.79 Å². The minimum atomic E-state index is -0.221. The summed E-state index contributed by atoms with van der Waals surface area (Å²) in [5, 5.41) is 3.05. The second kappa shape index (κ2) is 4.67. The molecular formula is C10H7BrClN3O. The summed E-state index contributed by atoms with van der Waals surface area (Å²) in [7, 11) is 0. The minimum absolute atomic E-state index is 0.221. The average Bonchev–Trinajstić information content (AvgIpc) is 2.77. The van der Waals surface area contributed by atoms with E-state index in [4.69, 9.17) is 11.6 Å². The molecule has 2 aromatic heterocycles. The normalized spacial score (nSPS) is 10.1. The van der Waals surface area contributed by atoms with Gasteiger partial charge in [-0.2, -0.15) is 0 Å². The lowest BCUT2D eigenvalue weighted by molar-refractivity contribution is 0.102. The first kappa shape index (κ1) is 11.2. The molecular weight excluding hydrogens is 293 g/mol. The molecule has 0 aliphatic carbocycles. The van der Waals surface area contributed by atoms with Gasteiger partial charge < -0.3 is 10.3 Å². The van der Waals surface area contributed by atoms with Gasteiger partial charge in [-0.15, -0.1) is 0 Å². The summed E-state index contributed by atoms with van der Waals surface area (Å²) in [6, 6.07) is 5.13. The number of anilines is 1. The molecule has 0 radical (unpaired) electrons. The predicted molar refractivity (Wildman–Crippen MR) is 65.7 cm³/mol. The Labute approximate surface area is 105 Å². The number of rotatable bonds is 2. The van der Waals surface area contributed by atoms with Gasteiger partial charge in [0, 0.05) is 6.20 Å². The van der Waals surface area contributed by atoms with Crippen molar-refractivity contribution < 1.29 is 4.79 Å². The zero-order valence-corrected chi connectivity index (χ0v) is 10.3. The second-order valence-electron chi connectivity index (χ2n) is 3.03. The van der Waals surface area contributed by atoms with Crippen LogP contribution in [0, 0.1) is 0 Å². The Morgan fingerprint density at radius 2 is 2.38 bits per heavy atom. The zero-order valence-electron chi connectivity index (χ0n) is 8.00. The number of aromatic amines is 1. The van der Waals surface area contributed by atoms with Gasteiger partial charge in [0.25, 0.3) is 5.91 Å². The molecule has 0 aliphatic rings. The fourth-order valence-electron chi connectivity index (χ4n) is 1.16. The van der Waals surface area contributed by atoms with E-state index < -0.39 is 0 Å². The van der Waals surface area contributed by atoms with Crippen LogP contribution in [0.15, 0.2) is 35.1 Å². The van der Waals surface area contributed by atoms with Crippen LogP contribution in [0.4, 0.5) is 5.69 Å². The summed E-state index contributed by atoms with van der Waals surface area (Å²) in [5.74, 6) is -0.221. The maximum Gasteiger partial charge on any atom is 0.272 e. The number of carbonyl (C=O) groups is 1. The van der Waals surface area contributed by atoms with Crippen LogP contribution in [0.25, 0.3) is 0 Å². The summed E-state index contributed by atoms with van der Waals surface area (Å²) in [4.78, 5) is 18.4. The lowest BCUT2D eigenvalue weighted by atomic mass is 10.3. The third kappa shape index (κ3) is 2.43. The van der Waals surface area contributed by atoms with Crippen molar-refractivity contribution in [3.63, 3.8) is 0 Å². The Bertz CT molecular complexity index is 513. The van der Waals surface area contributed by atoms with Gasteiger partial charge in [0.1, 0.15) is 10.8 Å². The number of H-pyrrole nitrogens is 1. The minimum Gasteiger partial charge on any atom is -0.357 e. The third-order valence-corrected chi connectivity index (χ3v) is 3.03. The summed E-state index contributed by atoms with van der Waals surface area (Å²) < 4.78 is 0.637. The van der Waals surface area contributed by atoms with Crippen molar-refractivity contribution in [2.24, 2.45) is 0 Å². The smallest absolute Gasteiger partial charge is 0.272 e. The quantitative estimate of drug-likeness (QED) is 0.837. The Morgan fingerprint density at radius 1 is 1.56 bits per heavy atom. The number of hydrogen-bond donors (Lipinski definition) is 2. The van der Waals surface area contributed by atoms with Gasteiger partial charge in [0.05, 0.1) is 16.4 Å². The first-order chi connectivity index (χ1) is 7.66. The number of amides is 1. The average molecular weight is 301 g/mol. The highest BCUT2D eigenvalue weighted by molar-refractivity contribution is 9.10. The molecule has 0 bridgehead atoms. The van der Waals surface area contributed by atoms with E-state index in [0.717, 1.165) is 0 Å². The number of aromatic nitrogens is 2. The van der Waals surface area contributed by atoms with Crippen molar-refractivity contribution in [2.75, 3.05) is 5.32 Å². The molecule has 0 aliphatic heterocycles. The molecule has 0 atom stereocenters. The van der Waals surface area contributed by atoms with E-state index in [1.807, 2.05) is 0 Å². The van der Waals surface area contributed by atoms with Crippen LogP contribution in [0.3, 0.4) is 0 Å². The van der Waals surface area contributed by atoms with E-state index in [2.05, 4.69) is 31.2 Å². The van der Waals surface area contributed by atoms with Crippen molar-refractivity contribution in [1.29, 1.82) is 0 Å². The predicted octanol–water partition coefficient (Wildman–Crippen LogP) is 3.08. The fraction of sp³-hybridized carbons (Fsp3) is 0. The molecule has 16 heavy (non-hydrogen) atoms. The molecule has 0 spiro atoms. The van der Waals surface area contributed by atoms with Crippen LogP contribution in [-0.2, 0) is 0 Å². The van der Waals surface area contributed by atoms with Crippen molar-refractivity contribution in [3.05, 3.63) is 45.9 Å². The van der Waals surface area contributed by atoms with Crippen LogP contribution >= 0.6 is 27.5 Å². The van der Waals surface area contributed by atoms with Gasteiger partial charge in [0.2, 0.25) is 0 Å². The van der Waals surface area contributed by atoms with Gasteiger partial charge in [-0.1, -0.05) is 11.6 Å².